The Bertz CT molecular complexity index is 437. The third-order valence-corrected chi connectivity index (χ3v) is 3.84. The summed E-state index contributed by atoms with van der Waals surface area (Å²) < 4.78 is 5.37. The smallest absolute Gasteiger partial charge is 0.133 e. The Morgan fingerprint density at radius 3 is 2.60 bits per heavy atom. The first kappa shape index (κ1) is 15.0. The molecular formula is C16H23N3O. The summed E-state index contributed by atoms with van der Waals surface area (Å²) in [5.74, 6) is 0. The van der Waals surface area contributed by atoms with Crippen LogP contribution in [0.5, 0.6) is 0 Å². The highest BCUT2D eigenvalue weighted by Gasteiger charge is 2.31. The van der Waals surface area contributed by atoms with E-state index in [1.165, 1.54) is 0 Å². The normalized spacial score (nSPS) is 19.2. The van der Waals surface area contributed by atoms with Crippen molar-refractivity contribution in [1.82, 2.24) is 10.2 Å². The Morgan fingerprint density at radius 1 is 1.30 bits per heavy atom. The fourth-order valence-electron chi connectivity index (χ4n) is 2.67. The van der Waals surface area contributed by atoms with Gasteiger partial charge in [-0.05, 0) is 18.5 Å². The molecule has 1 aliphatic heterocycles. The summed E-state index contributed by atoms with van der Waals surface area (Å²) in [5, 5.41) is 13.1. The number of hydrogen-bond donors (Lipinski definition) is 1. The molecule has 1 heterocycles. The Hall–Kier alpha value is -1.41. The molecule has 4 heteroatoms. The monoisotopic (exact) mass is 273 g/mol. The third-order valence-electron chi connectivity index (χ3n) is 3.84. The number of morpholine rings is 1. The first-order chi connectivity index (χ1) is 9.80. The largest absolute Gasteiger partial charge is 0.379 e. The summed E-state index contributed by atoms with van der Waals surface area (Å²) in [5.41, 5.74) is 0.464. The summed E-state index contributed by atoms with van der Waals surface area (Å²) in [6.45, 7) is 7.26. The maximum absolute atomic E-state index is 9.73. The van der Waals surface area contributed by atoms with E-state index in [2.05, 4.69) is 16.3 Å². The van der Waals surface area contributed by atoms with Crippen LogP contribution in [0.25, 0.3) is 0 Å². The molecule has 1 unspecified atom stereocenters. The average Bonchev–Trinajstić information content (AvgIpc) is 2.53. The Morgan fingerprint density at radius 2 is 2.00 bits per heavy atom. The minimum absolute atomic E-state index is 0.589. The van der Waals surface area contributed by atoms with Crippen LogP contribution in [0.15, 0.2) is 30.3 Å². The molecule has 2 rings (SSSR count). The summed E-state index contributed by atoms with van der Waals surface area (Å²) >= 11 is 0. The van der Waals surface area contributed by atoms with Crippen LogP contribution >= 0.6 is 0 Å². The van der Waals surface area contributed by atoms with E-state index >= 15 is 0 Å². The van der Waals surface area contributed by atoms with Gasteiger partial charge >= 0.3 is 0 Å². The van der Waals surface area contributed by atoms with Gasteiger partial charge in [0, 0.05) is 19.6 Å². The zero-order valence-corrected chi connectivity index (χ0v) is 12.1. The van der Waals surface area contributed by atoms with Crippen LogP contribution in [-0.2, 0) is 10.3 Å². The van der Waals surface area contributed by atoms with Gasteiger partial charge in [0.1, 0.15) is 5.54 Å². The van der Waals surface area contributed by atoms with Crippen molar-refractivity contribution in [3.63, 3.8) is 0 Å². The lowest BCUT2D eigenvalue weighted by molar-refractivity contribution is 0.0347. The Balaban J connectivity index is 2.08. The molecule has 1 aromatic carbocycles. The molecule has 1 aromatic rings. The Kier molecular flexibility index (Phi) is 5.54. The number of benzene rings is 1. The first-order valence-electron chi connectivity index (χ1n) is 7.32. The van der Waals surface area contributed by atoms with Gasteiger partial charge in [-0.15, -0.1) is 0 Å². The second-order valence-electron chi connectivity index (χ2n) is 5.12. The summed E-state index contributed by atoms with van der Waals surface area (Å²) in [4.78, 5) is 2.37. The molecule has 0 saturated carbocycles. The molecule has 0 aliphatic carbocycles. The van der Waals surface area contributed by atoms with E-state index in [1.807, 2.05) is 37.3 Å². The minimum Gasteiger partial charge on any atom is -0.379 e. The molecule has 108 valence electrons. The number of rotatable bonds is 6. The number of hydrogen-bond acceptors (Lipinski definition) is 4. The van der Waals surface area contributed by atoms with E-state index in [4.69, 9.17) is 4.74 Å². The fraction of sp³-hybridized carbons (Fsp3) is 0.562. The van der Waals surface area contributed by atoms with Gasteiger partial charge in [0.2, 0.25) is 0 Å². The highest BCUT2D eigenvalue weighted by molar-refractivity contribution is 5.31. The predicted octanol–water partition coefficient (Wildman–Crippen LogP) is 1.74. The number of ether oxygens (including phenoxy) is 1. The second kappa shape index (κ2) is 7.39. The summed E-state index contributed by atoms with van der Waals surface area (Å²) in [7, 11) is 0. The molecule has 20 heavy (non-hydrogen) atoms. The minimum atomic E-state index is -0.589. The van der Waals surface area contributed by atoms with Crippen LogP contribution in [0.2, 0.25) is 0 Å². The van der Waals surface area contributed by atoms with Gasteiger partial charge in [0.05, 0.1) is 19.3 Å². The average molecular weight is 273 g/mol. The second-order valence-corrected chi connectivity index (χ2v) is 5.12. The highest BCUT2D eigenvalue weighted by atomic mass is 16.5. The Labute approximate surface area is 121 Å². The molecule has 0 spiro atoms. The molecule has 1 N–H and O–H groups in total. The number of nitriles is 1. The lowest BCUT2D eigenvalue weighted by atomic mass is 9.87. The van der Waals surface area contributed by atoms with Gasteiger partial charge < -0.3 is 4.74 Å². The van der Waals surface area contributed by atoms with E-state index in [9.17, 15) is 5.26 Å². The molecule has 0 aromatic heterocycles. The zero-order chi connectivity index (χ0) is 14.3. The van der Waals surface area contributed by atoms with Crippen molar-refractivity contribution in [2.24, 2.45) is 0 Å². The van der Waals surface area contributed by atoms with Crippen LogP contribution in [0.1, 0.15) is 18.9 Å². The van der Waals surface area contributed by atoms with Crippen LogP contribution in [0.4, 0.5) is 0 Å². The fourth-order valence-corrected chi connectivity index (χ4v) is 2.67. The molecule has 4 nitrogen and oxygen atoms in total. The number of nitrogens with zero attached hydrogens (tertiary/aromatic N) is 2. The van der Waals surface area contributed by atoms with E-state index < -0.39 is 5.54 Å². The van der Waals surface area contributed by atoms with Gasteiger partial charge in [-0.3, -0.25) is 10.2 Å². The number of nitrogens with one attached hydrogen (secondary N) is 1. The van der Waals surface area contributed by atoms with Crippen LogP contribution < -0.4 is 5.32 Å². The van der Waals surface area contributed by atoms with Gasteiger partial charge in [-0.25, -0.2) is 0 Å². The SMILES string of the molecule is CCNC(C#N)(CCN1CCOCC1)c1ccccc1. The van der Waals surface area contributed by atoms with Crippen LogP contribution in [0.3, 0.4) is 0 Å². The van der Waals surface area contributed by atoms with Gasteiger partial charge in [0.25, 0.3) is 0 Å². The van der Waals surface area contributed by atoms with Crippen molar-refractivity contribution in [1.29, 1.82) is 5.26 Å². The van der Waals surface area contributed by atoms with Crippen molar-refractivity contribution >= 4 is 0 Å². The van der Waals surface area contributed by atoms with Crippen molar-refractivity contribution in [3.8, 4) is 6.07 Å². The topological polar surface area (TPSA) is 48.3 Å². The maximum Gasteiger partial charge on any atom is 0.133 e. The predicted molar refractivity (Wildman–Crippen MR) is 79.3 cm³/mol. The lowest BCUT2D eigenvalue weighted by Crippen LogP contribution is -2.45. The van der Waals surface area contributed by atoms with E-state index in [1.54, 1.807) is 0 Å². The van der Waals surface area contributed by atoms with Crippen molar-refractivity contribution < 1.29 is 4.74 Å². The standard InChI is InChI=1S/C16H23N3O/c1-2-18-16(14-17,15-6-4-3-5-7-15)8-9-19-10-12-20-13-11-19/h3-7,18H,2,8-13H2,1H3. The zero-order valence-electron chi connectivity index (χ0n) is 12.1. The first-order valence-corrected chi connectivity index (χ1v) is 7.32. The van der Waals surface area contributed by atoms with Crippen molar-refractivity contribution in [2.45, 2.75) is 18.9 Å². The molecule has 0 amide bonds. The highest BCUT2D eigenvalue weighted by Crippen LogP contribution is 2.25. The molecule has 1 fully saturated rings. The van der Waals surface area contributed by atoms with E-state index in [0.29, 0.717) is 0 Å². The molecule has 0 bridgehead atoms. The molecule has 1 saturated heterocycles. The van der Waals surface area contributed by atoms with Gasteiger partial charge in [0.15, 0.2) is 0 Å². The van der Waals surface area contributed by atoms with Crippen molar-refractivity contribution in [3.05, 3.63) is 35.9 Å². The molecular weight excluding hydrogens is 250 g/mol. The van der Waals surface area contributed by atoms with Crippen molar-refractivity contribution in [2.75, 3.05) is 39.4 Å². The quantitative estimate of drug-likeness (QED) is 0.857. The van der Waals surface area contributed by atoms with Crippen LogP contribution in [-0.4, -0.2) is 44.3 Å². The summed E-state index contributed by atoms with van der Waals surface area (Å²) in [6.07, 6.45) is 0.793. The molecule has 1 atom stereocenters. The maximum atomic E-state index is 9.73. The molecule has 0 radical (unpaired) electrons. The lowest BCUT2D eigenvalue weighted by Gasteiger charge is -2.33. The van der Waals surface area contributed by atoms with E-state index in [0.717, 1.165) is 51.4 Å². The third kappa shape index (κ3) is 3.57. The van der Waals surface area contributed by atoms with Gasteiger partial charge in [-0.2, -0.15) is 5.26 Å². The van der Waals surface area contributed by atoms with E-state index in [-0.39, 0.29) is 0 Å². The van der Waals surface area contributed by atoms with Gasteiger partial charge in [-0.1, -0.05) is 37.3 Å². The molecule has 1 aliphatic rings. The summed E-state index contributed by atoms with van der Waals surface area (Å²) in [6, 6.07) is 12.5. The van der Waals surface area contributed by atoms with Crippen LogP contribution in [0, 0.1) is 11.3 Å².